The zero-order valence-electron chi connectivity index (χ0n) is 12.2. The van der Waals surface area contributed by atoms with Gasteiger partial charge in [-0.05, 0) is 30.9 Å². The first-order chi connectivity index (χ1) is 9.38. The van der Waals surface area contributed by atoms with Gasteiger partial charge >= 0.3 is 0 Å². The summed E-state index contributed by atoms with van der Waals surface area (Å²) in [4.78, 5) is 22.3. The van der Waals surface area contributed by atoms with Gasteiger partial charge in [-0.2, -0.15) is 0 Å². The fraction of sp³-hybridized carbons (Fsp3) is 0.714. The molecule has 0 heterocycles. The van der Waals surface area contributed by atoms with Crippen LogP contribution < -0.4 is 16.2 Å². The van der Waals surface area contributed by atoms with E-state index in [0.29, 0.717) is 0 Å². The summed E-state index contributed by atoms with van der Waals surface area (Å²) < 4.78 is 5.89. The van der Waals surface area contributed by atoms with Gasteiger partial charge < -0.3 is 25.7 Å². The van der Waals surface area contributed by atoms with Gasteiger partial charge in [0.05, 0.1) is 24.2 Å². The zero-order valence-corrected chi connectivity index (χ0v) is 12.2. The fourth-order valence-corrected chi connectivity index (χ4v) is 2.40. The molecule has 114 valence electrons. The van der Waals surface area contributed by atoms with Gasteiger partial charge in [0.25, 0.3) is 0 Å². The van der Waals surface area contributed by atoms with Crippen LogP contribution in [0.15, 0.2) is 11.6 Å². The van der Waals surface area contributed by atoms with Gasteiger partial charge in [-0.1, -0.05) is 13.8 Å². The normalized spacial score (nSPS) is 26.2. The standard InChI is InChI=1S/C14H24N2O4/c1-4-10(5-2)20-12-7-9(14(18)19)6-11(15)13(12)16-8(3)17/h7,10-13H,4-6,15H2,1-3H3,(H,16,17)(H,18,19)/p-1/t11-,12+,13+/m0/s1. The Kier molecular flexibility index (Phi) is 6.16. The molecular weight excluding hydrogens is 260 g/mol. The Morgan fingerprint density at radius 3 is 2.55 bits per heavy atom. The molecule has 0 saturated carbocycles. The summed E-state index contributed by atoms with van der Waals surface area (Å²) in [6.07, 6.45) is 2.75. The first-order valence-corrected chi connectivity index (χ1v) is 6.99. The van der Waals surface area contributed by atoms with Crippen LogP contribution in [-0.4, -0.2) is 36.2 Å². The van der Waals surface area contributed by atoms with Crippen molar-refractivity contribution in [3.8, 4) is 0 Å². The second-order valence-corrected chi connectivity index (χ2v) is 5.11. The molecule has 0 bridgehead atoms. The van der Waals surface area contributed by atoms with Crippen LogP contribution in [0.25, 0.3) is 0 Å². The molecule has 0 radical (unpaired) electrons. The molecule has 3 atom stereocenters. The lowest BCUT2D eigenvalue weighted by atomic mass is 9.88. The predicted octanol–water partition coefficient (Wildman–Crippen LogP) is -0.528. The Labute approximate surface area is 119 Å². The van der Waals surface area contributed by atoms with Gasteiger partial charge in [-0.25, -0.2) is 0 Å². The number of carbonyl (C=O) groups excluding carboxylic acids is 2. The van der Waals surface area contributed by atoms with Gasteiger partial charge in [0.15, 0.2) is 0 Å². The first-order valence-electron chi connectivity index (χ1n) is 6.99. The van der Waals surface area contributed by atoms with E-state index >= 15 is 0 Å². The number of amides is 1. The Morgan fingerprint density at radius 1 is 1.50 bits per heavy atom. The van der Waals surface area contributed by atoms with Crippen molar-refractivity contribution in [2.24, 2.45) is 5.73 Å². The van der Waals surface area contributed by atoms with Crippen molar-refractivity contribution in [2.75, 3.05) is 0 Å². The van der Waals surface area contributed by atoms with Crippen LogP contribution >= 0.6 is 0 Å². The van der Waals surface area contributed by atoms with Crippen LogP contribution in [0.1, 0.15) is 40.0 Å². The highest BCUT2D eigenvalue weighted by molar-refractivity contribution is 5.85. The maximum atomic E-state index is 11.3. The molecule has 1 aliphatic carbocycles. The molecule has 0 unspecified atom stereocenters. The summed E-state index contributed by atoms with van der Waals surface area (Å²) in [5.41, 5.74) is 6.11. The van der Waals surface area contributed by atoms with Gasteiger partial charge in [0.1, 0.15) is 0 Å². The van der Waals surface area contributed by atoms with Crippen LogP contribution in [0.5, 0.6) is 0 Å². The van der Waals surface area contributed by atoms with Crippen LogP contribution in [0, 0.1) is 0 Å². The van der Waals surface area contributed by atoms with E-state index in [2.05, 4.69) is 5.32 Å². The third kappa shape index (κ3) is 4.31. The summed E-state index contributed by atoms with van der Waals surface area (Å²) in [5.74, 6) is -1.45. The topological polar surface area (TPSA) is 104 Å². The van der Waals surface area contributed by atoms with E-state index in [0.717, 1.165) is 12.8 Å². The monoisotopic (exact) mass is 283 g/mol. The summed E-state index contributed by atoms with van der Waals surface area (Å²) >= 11 is 0. The van der Waals surface area contributed by atoms with Crippen molar-refractivity contribution >= 4 is 11.9 Å². The maximum absolute atomic E-state index is 11.3. The van der Waals surface area contributed by atoms with Crippen molar-refractivity contribution in [3.63, 3.8) is 0 Å². The molecule has 6 nitrogen and oxygen atoms in total. The summed E-state index contributed by atoms with van der Waals surface area (Å²) in [5, 5.41) is 13.8. The second kappa shape index (κ2) is 7.40. The third-order valence-corrected chi connectivity index (χ3v) is 3.53. The zero-order chi connectivity index (χ0) is 15.3. The number of carboxylic acid groups (broad SMARTS) is 1. The SMILES string of the molecule is CCC(CC)O[C@@H]1C=C(C(=O)[O-])C[C@H](N)[C@H]1NC(C)=O. The lowest BCUT2D eigenvalue weighted by molar-refractivity contribution is -0.299. The number of carbonyl (C=O) groups is 2. The average Bonchev–Trinajstić information content (AvgIpc) is 2.38. The van der Waals surface area contributed by atoms with Crippen LogP contribution in [0.2, 0.25) is 0 Å². The molecule has 6 heteroatoms. The Hall–Kier alpha value is -1.40. The number of carboxylic acids is 1. The van der Waals surface area contributed by atoms with Gasteiger partial charge in [0.2, 0.25) is 5.91 Å². The van der Waals surface area contributed by atoms with E-state index in [9.17, 15) is 14.7 Å². The van der Waals surface area contributed by atoms with E-state index in [4.69, 9.17) is 10.5 Å². The van der Waals surface area contributed by atoms with E-state index in [1.165, 1.54) is 13.0 Å². The Balaban J connectivity index is 2.96. The summed E-state index contributed by atoms with van der Waals surface area (Å²) in [6.45, 7) is 5.39. The van der Waals surface area contributed by atoms with Crippen LogP contribution in [-0.2, 0) is 14.3 Å². The van der Waals surface area contributed by atoms with Crippen molar-refractivity contribution in [1.82, 2.24) is 5.32 Å². The number of nitrogens with two attached hydrogens (primary N) is 1. The number of rotatable bonds is 6. The number of ether oxygens (including phenoxy) is 1. The van der Waals surface area contributed by atoms with Gasteiger partial charge in [-0.3, -0.25) is 4.79 Å². The van der Waals surface area contributed by atoms with Crippen molar-refractivity contribution in [1.29, 1.82) is 0 Å². The van der Waals surface area contributed by atoms with Crippen molar-refractivity contribution < 1.29 is 19.4 Å². The quantitative estimate of drug-likeness (QED) is 0.682. The minimum Gasteiger partial charge on any atom is -0.545 e. The molecule has 0 aliphatic heterocycles. The van der Waals surface area contributed by atoms with E-state index in [1.807, 2.05) is 13.8 Å². The van der Waals surface area contributed by atoms with E-state index < -0.39 is 24.2 Å². The molecule has 0 fully saturated rings. The van der Waals surface area contributed by atoms with Crippen molar-refractivity contribution in [2.45, 2.75) is 64.3 Å². The molecule has 0 spiro atoms. The van der Waals surface area contributed by atoms with Gasteiger partial charge in [0, 0.05) is 13.0 Å². The minimum absolute atomic E-state index is 0.000752. The molecular formula is C14H23N2O4-. The maximum Gasteiger partial charge on any atom is 0.217 e. The number of hydrogen-bond donors (Lipinski definition) is 2. The number of aliphatic carboxylic acids is 1. The second-order valence-electron chi connectivity index (χ2n) is 5.11. The predicted molar refractivity (Wildman–Crippen MR) is 72.5 cm³/mol. The third-order valence-electron chi connectivity index (χ3n) is 3.53. The van der Waals surface area contributed by atoms with Crippen molar-refractivity contribution in [3.05, 3.63) is 11.6 Å². The molecule has 0 aromatic carbocycles. The molecule has 0 aromatic rings. The molecule has 0 aromatic heterocycles. The molecule has 1 amide bonds. The summed E-state index contributed by atoms with van der Waals surface area (Å²) in [7, 11) is 0. The fourth-order valence-electron chi connectivity index (χ4n) is 2.40. The summed E-state index contributed by atoms with van der Waals surface area (Å²) in [6, 6.07) is -0.924. The highest BCUT2D eigenvalue weighted by Gasteiger charge is 2.33. The Morgan fingerprint density at radius 2 is 2.10 bits per heavy atom. The molecule has 3 N–H and O–H groups in total. The molecule has 0 saturated heterocycles. The smallest absolute Gasteiger partial charge is 0.217 e. The lowest BCUT2D eigenvalue weighted by Crippen LogP contribution is -2.57. The van der Waals surface area contributed by atoms with Crippen LogP contribution in [0.4, 0.5) is 0 Å². The molecule has 1 rings (SSSR count). The van der Waals surface area contributed by atoms with E-state index in [-0.39, 0.29) is 24.0 Å². The number of hydrogen-bond acceptors (Lipinski definition) is 5. The average molecular weight is 283 g/mol. The lowest BCUT2D eigenvalue weighted by Gasteiger charge is -2.37. The van der Waals surface area contributed by atoms with Crippen LogP contribution in [0.3, 0.4) is 0 Å². The first kappa shape index (κ1) is 16.7. The Bertz CT molecular complexity index is 391. The van der Waals surface area contributed by atoms with Gasteiger partial charge in [-0.15, -0.1) is 0 Å². The molecule has 1 aliphatic rings. The number of nitrogens with one attached hydrogen (secondary N) is 1. The highest BCUT2D eigenvalue weighted by atomic mass is 16.5. The molecule has 20 heavy (non-hydrogen) atoms. The van der Waals surface area contributed by atoms with E-state index in [1.54, 1.807) is 0 Å². The highest BCUT2D eigenvalue weighted by Crippen LogP contribution is 2.22. The largest absolute Gasteiger partial charge is 0.545 e. The minimum atomic E-state index is -1.24.